The number of fused-ring (bicyclic) bond motifs is 1. The molecule has 0 radical (unpaired) electrons. The SMILES string of the molecule is CCc1c(C#N)cc2ccccc2c1C(=O)NCC1(c2ccc(F)cc2)CCN(C)CC1. The smallest absolute Gasteiger partial charge is 0.252 e. The fourth-order valence-electron chi connectivity index (χ4n) is 4.87. The summed E-state index contributed by atoms with van der Waals surface area (Å²) in [5.41, 5.74) is 2.72. The van der Waals surface area contributed by atoms with Gasteiger partial charge in [-0.15, -0.1) is 0 Å². The van der Waals surface area contributed by atoms with E-state index >= 15 is 0 Å². The van der Waals surface area contributed by atoms with Crippen molar-refractivity contribution < 1.29 is 9.18 Å². The van der Waals surface area contributed by atoms with Crippen molar-refractivity contribution >= 4 is 16.7 Å². The van der Waals surface area contributed by atoms with Crippen molar-refractivity contribution in [3.05, 3.63) is 82.7 Å². The molecule has 0 atom stereocenters. The van der Waals surface area contributed by atoms with Crippen LogP contribution in [0.3, 0.4) is 0 Å². The first-order valence-corrected chi connectivity index (χ1v) is 11.1. The van der Waals surface area contributed by atoms with Gasteiger partial charge in [0.1, 0.15) is 5.82 Å². The Balaban J connectivity index is 1.69. The topological polar surface area (TPSA) is 56.1 Å². The first-order valence-electron chi connectivity index (χ1n) is 11.1. The van der Waals surface area contributed by atoms with Crippen LogP contribution < -0.4 is 5.32 Å². The third-order valence-corrected chi connectivity index (χ3v) is 6.85. The number of benzene rings is 3. The summed E-state index contributed by atoms with van der Waals surface area (Å²) in [5, 5.41) is 14.6. The molecule has 32 heavy (non-hydrogen) atoms. The Labute approximate surface area is 188 Å². The van der Waals surface area contributed by atoms with E-state index in [4.69, 9.17) is 0 Å². The van der Waals surface area contributed by atoms with Crippen molar-refractivity contribution in [2.24, 2.45) is 0 Å². The highest BCUT2D eigenvalue weighted by atomic mass is 19.1. The van der Waals surface area contributed by atoms with E-state index in [1.165, 1.54) is 12.1 Å². The predicted molar refractivity (Wildman–Crippen MR) is 125 cm³/mol. The van der Waals surface area contributed by atoms with Crippen LogP contribution in [-0.2, 0) is 11.8 Å². The Morgan fingerprint density at radius 1 is 1.16 bits per heavy atom. The molecule has 4 rings (SSSR count). The van der Waals surface area contributed by atoms with Gasteiger partial charge in [0.2, 0.25) is 0 Å². The Kier molecular flexibility index (Phi) is 6.25. The first kappa shape index (κ1) is 22.0. The second-order valence-corrected chi connectivity index (χ2v) is 8.74. The van der Waals surface area contributed by atoms with E-state index in [-0.39, 0.29) is 17.1 Å². The third kappa shape index (κ3) is 4.11. The van der Waals surface area contributed by atoms with Crippen LogP contribution in [0.1, 0.15) is 46.8 Å². The van der Waals surface area contributed by atoms with E-state index in [2.05, 4.69) is 23.3 Å². The van der Waals surface area contributed by atoms with Crippen LogP contribution in [0.5, 0.6) is 0 Å². The minimum atomic E-state index is -0.256. The normalized spacial score (nSPS) is 15.9. The van der Waals surface area contributed by atoms with Crippen molar-refractivity contribution in [3.8, 4) is 6.07 Å². The first-order chi connectivity index (χ1) is 15.5. The van der Waals surface area contributed by atoms with E-state index in [1.807, 2.05) is 49.4 Å². The van der Waals surface area contributed by atoms with Crippen LogP contribution in [0.25, 0.3) is 10.8 Å². The minimum absolute atomic E-state index is 0.157. The van der Waals surface area contributed by atoms with E-state index in [0.717, 1.165) is 47.8 Å². The summed E-state index contributed by atoms with van der Waals surface area (Å²) in [7, 11) is 2.10. The fraction of sp³-hybridized carbons (Fsp3) is 0.333. The lowest BCUT2D eigenvalue weighted by Crippen LogP contribution is -2.48. The summed E-state index contributed by atoms with van der Waals surface area (Å²) in [5.74, 6) is -0.413. The number of piperidine rings is 1. The quantitative estimate of drug-likeness (QED) is 0.633. The molecule has 5 heteroatoms. The number of halogens is 1. The molecule has 0 saturated carbocycles. The van der Waals surface area contributed by atoms with Crippen molar-refractivity contribution in [2.45, 2.75) is 31.6 Å². The molecule has 0 aliphatic carbocycles. The molecule has 1 amide bonds. The maximum absolute atomic E-state index is 13.6. The molecule has 3 aromatic rings. The molecule has 1 heterocycles. The van der Waals surface area contributed by atoms with Gasteiger partial charge in [-0.05, 0) is 79.5 Å². The maximum Gasteiger partial charge on any atom is 0.252 e. The summed E-state index contributed by atoms with van der Waals surface area (Å²) in [4.78, 5) is 15.8. The Hall–Kier alpha value is -3.23. The zero-order valence-electron chi connectivity index (χ0n) is 18.6. The lowest BCUT2D eigenvalue weighted by atomic mass is 9.72. The third-order valence-electron chi connectivity index (χ3n) is 6.85. The zero-order valence-corrected chi connectivity index (χ0v) is 18.6. The van der Waals surface area contributed by atoms with Crippen molar-refractivity contribution in [2.75, 3.05) is 26.7 Å². The molecule has 164 valence electrons. The Bertz CT molecular complexity index is 1170. The zero-order chi connectivity index (χ0) is 22.7. The monoisotopic (exact) mass is 429 g/mol. The summed E-state index contributed by atoms with van der Waals surface area (Å²) in [6, 6.07) is 18.5. The Morgan fingerprint density at radius 2 is 1.84 bits per heavy atom. The molecule has 0 unspecified atom stereocenters. The van der Waals surface area contributed by atoms with E-state index in [9.17, 15) is 14.4 Å². The number of nitrogens with one attached hydrogen (secondary N) is 1. The lowest BCUT2D eigenvalue weighted by molar-refractivity contribution is 0.0928. The van der Waals surface area contributed by atoms with Crippen LogP contribution in [0.15, 0.2) is 54.6 Å². The van der Waals surface area contributed by atoms with Crippen LogP contribution in [0, 0.1) is 17.1 Å². The predicted octanol–water partition coefficient (Wildman–Crippen LogP) is 4.81. The van der Waals surface area contributed by atoms with Crippen molar-refractivity contribution in [1.29, 1.82) is 5.26 Å². The minimum Gasteiger partial charge on any atom is -0.351 e. The number of carbonyl (C=O) groups excluding carboxylic acids is 1. The summed E-state index contributed by atoms with van der Waals surface area (Å²) in [6.45, 7) is 4.28. The van der Waals surface area contributed by atoms with Gasteiger partial charge in [-0.2, -0.15) is 5.26 Å². The molecule has 0 aromatic heterocycles. The van der Waals surface area contributed by atoms with E-state index in [0.29, 0.717) is 24.1 Å². The van der Waals surface area contributed by atoms with Crippen LogP contribution in [0.2, 0.25) is 0 Å². The largest absolute Gasteiger partial charge is 0.351 e. The van der Waals surface area contributed by atoms with Gasteiger partial charge in [-0.3, -0.25) is 4.79 Å². The highest BCUT2D eigenvalue weighted by Gasteiger charge is 2.36. The molecule has 3 aromatic carbocycles. The van der Waals surface area contributed by atoms with Crippen LogP contribution in [0.4, 0.5) is 4.39 Å². The average molecular weight is 430 g/mol. The highest BCUT2D eigenvalue weighted by Crippen LogP contribution is 2.35. The van der Waals surface area contributed by atoms with Gasteiger partial charge in [-0.1, -0.05) is 43.3 Å². The summed E-state index contributed by atoms with van der Waals surface area (Å²) in [6.07, 6.45) is 2.37. The molecular weight excluding hydrogens is 401 g/mol. The van der Waals surface area contributed by atoms with E-state index < -0.39 is 0 Å². The van der Waals surface area contributed by atoms with Crippen LogP contribution in [-0.4, -0.2) is 37.5 Å². The fourth-order valence-corrected chi connectivity index (χ4v) is 4.87. The number of nitrogens with zero attached hydrogens (tertiary/aromatic N) is 2. The maximum atomic E-state index is 13.6. The molecule has 1 N–H and O–H groups in total. The van der Waals surface area contributed by atoms with Gasteiger partial charge >= 0.3 is 0 Å². The molecule has 1 saturated heterocycles. The van der Waals surface area contributed by atoms with Gasteiger partial charge < -0.3 is 10.2 Å². The molecule has 0 bridgehead atoms. The molecule has 0 spiro atoms. The number of carbonyl (C=O) groups is 1. The van der Waals surface area contributed by atoms with Gasteiger partial charge in [0, 0.05) is 12.0 Å². The molecule has 1 fully saturated rings. The molecule has 4 nitrogen and oxygen atoms in total. The second-order valence-electron chi connectivity index (χ2n) is 8.74. The van der Waals surface area contributed by atoms with Gasteiger partial charge in [0.25, 0.3) is 5.91 Å². The number of rotatable bonds is 5. The van der Waals surface area contributed by atoms with Crippen molar-refractivity contribution in [3.63, 3.8) is 0 Å². The van der Waals surface area contributed by atoms with Crippen LogP contribution >= 0.6 is 0 Å². The molecular formula is C27H28FN3O. The van der Waals surface area contributed by atoms with Gasteiger partial charge in [-0.25, -0.2) is 4.39 Å². The number of nitriles is 1. The number of hydrogen-bond acceptors (Lipinski definition) is 3. The summed E-state index contributed by atoms with van der Waals surface area (Å²) >= 11 is 0. The lowest BCUT2D eigenvalue weighted by Gasteiger charge is -2.41. The van der Waals surface area contributed by atoms with Gasteiger partial charge in [0.15, 0.2) is 0 Å². The van der Waals surface area contributed by atoms with Crippen molar-refractivity contribution in [1.82, 2.24) is 10.2 Å². The number of amides is 1. The number of hydrogen-bond donors (Lipinski definition) is 1. The second kappa shape index (κ2) is 9.10. The molecule has 1 aliphatic rings. The molecule has 1 aliphatic heterocycles. The summed E-state index contributed by atoms with van der Waals surface area (Å²) < 4.78 is 13.6. The van der Waals surface area contributed by atoms with E-state index in [1.54, 1.807) is 0 Å². The highest BCUT2D eigenvalue weighted by molar-refractivity contribution is 6.09. The average Bonchev–Trinajstić information content (AvgIpc) is 2.82. The number of likely N-dealkylation sites (tertiary alicyclic amines) is 1. The Morgan fingerprint density at radius 3 is 2.50 bits per heavy atom. The van der Waals surface area contributed by atoms with Gasteiger partial charge in [0.05, 0.1) is 17.2 Å². The standard InChI is InChI=1S/C27H28FN3O/c1-3-23-20(17-29)16-19-6-4-5-7-24(19)25(23)26(32)30-18-27(12-14-31(2)15-13-27)21-8-10-22(28)11-9-21/h4-11,16H,3,12-15,18H2,1-2H3,(H,30,32).